The molecule has 4 aliphatic rings. The smallest absolute Gasteiger partial charge is 0.230 e. The lowest BCUT2D eigenvalue weighted by atomic mass is 9.70. The number of ether oxygens (including phenoxy) is 1. The maximum absolute atomic E-state index is 14.0. The van der Waals surface area contributed by atoms with E-state index in [0.29, 0.717) is 5.76 Å². The van der Waals surface area contributed by atoms with Gasteiger partial charge >= 0.3 is 0 Å². The largest absolute Gasteiger partial charge is 0.467 e. The van der Waals surface area contributed by atoms with Gasteiger partial charge < -0.3 is 19.4 Å². The topological polar surface area (TPSA) is 88.9 Å². The van der Waals surface area contributed by atoms with Gasteiger partial charge in [0.05, 0.1) is 36.3 Å². The van der Waals surface area contributed by atoms with Gasteiger partial charge in [-0.2, -0.15) is 0 Å². The molecule has 0 saturated carbocycles. The molecule has 7 nitrogen and oxygen atoms in total. The standard InChI is InChI=1S/C28H30N2O5/c1-16(10-11-18-7-4-3-5-8-18)29-26(32)23-22-12-13-28(35-22)24(23)27(33)30-19(21-9-6-14-34-21)15-20(31)17(2)25(28)30/h3-9,12-14,16-17,19,22-25H,10-11,15H2,1-2H3,(H,29,32)/t16-,17-,19+,22-,23-,24+,25+,28-/m1/s1. The summed E-state index contributed by atoms with van der Waals surface area (Å²) in [7, 11) is 0. The summed E-state index contributed by atoms with van der Waals surface area (Å²) < 4.78 is 12.1. The highest BCUT2D eigenvalue weighted by atomic mass is 16.5. The molecular formula is C28H30N2O5. The Morgan fingerprint density at radius 3 is 2.74 bits per heavy atom. The van der Waals surface area contributed by atoms with Crippen LogP contribution in [0.3, 0.4) is 0 Å². The van der Waals surface area contributed by atoms with Crippen LogP contribution in [0.2, 0.25) is 0 Å². The summed E-state index contributed by atoms with van der Waals surface area (Å²) in [5, 5.41) is 3.14. The van der Waals surface area contributed by atoms with E-state index in [4.69, 9.17) is 9.15 Å². The first-order chi connectivity index (χ1) is 16.9. The molecule has 0 unspecified atom stereocenters. The van der Waals surface area contributed by atoms with Crippen LogP contribution >= 0.6 is 0 Å². The van der Waals surface area contributed by atoms with Crippen LogP contribution in [0, 0.1) is 17.8 Å². The monoisotopic (exact) mass is 474 g/mol. The molecule has 2 amide bonds. The maximum atomic E-state index is 14.0. The molecule has 1 aromatic heterocycles. The number of benzene rings is 1. The number of hydrogen-bond acceptors (Lipinski definition) is 5. The second-order valence-electron chi connectivity index (χ2n) is 10.4. The molecule has 3 saturated heterocycles. The van der Waals surface area contributed by atoms with E-state index >= 15 is 0 Å². The summed E-state index contributed by atoms with van der Waals surface area (Å²) in [5.41, 5.74) is 0.265. The number of aryl methyl sites for hydroxylation is 1. The summed E-state index contributed by atoms with van der Waals surface area (Å²) in [6, 6.07) is 12.8. The predicted molar refractivity (Wildman–Crippen MR) is 127 cm³/mol. The van der Waals surface area contributed by atoms with Crippen molar-refractivity contribution in [3.63, 3.8) is 0 Å². The first kappa shape index (κ1) is 22.3. The molecule has 1 aromatic carbocycles. The molecule has 6 rings (SSSR count). The highest BCUT2D eigenvalue weighted by Gasteiger charge is 2.74. The minimum absolute atomic E-state index is 0.0442. The molecule has 3 fully saturated rings. The number of nitrogens with zero attached hydrogens (tertiary/aromatic N) is 1. The van der Waals surface area contributed by atoms with Crippen LogP contribution in [0.4, 0.5) is 0 Å². The lowest BCUT2D eigenvalue weighted by molar-refractivity contribution is -0.148. The molecular weight excluding hydrogens is 444 g/mol. The second-order valence-corrected chi connectivity index (χ2v) is 10.4. The number of piperidine rings is 1. The molecule has 35 heavy (non-hydrogen) atoms. The zero-order valence-corrected chi connectivity index (χ0v) is 19.9. The van der Waals surface area contributed by atoms with Crippen LogP contribution in [-0.4, -0.2) is 46.3 Å². The van der Waals surface area contributed by atoms with Gasteiger partial charge in [0.1, 0.15) is 17.1 Å². The Morgan fingerprint density at radius 1 is 1.20 bits per heavy atom. The average molecular weight is 475 g/mol. The van der Waals surface area contributed by atoms with Gasteiger partial charge in [-0.3, -0.25) is 14.4 Å². The summed E-state index contributed by atoms with van der Waals surface area (Å²) >= 11 is 0. The maximum Gasteiger partial charge on any atom is 0.230 e. The Balaban J connectivity index is 1.25. The molecule has 2 aromatic rings. The van der Waals surface area contributed by atoms with Crippen molar-refractivity contribution in [3.05, 3.63) is 72.2 Å². The van der Waals surface area contributed by atoms with E-state index in [-0.39, 0.29) is 36.0 Å². The van der Waals surface area contributed by atoms with Gasteiger partial charge in [-0.15, -0.1) is 0 Å². The summed E-state index contributed by atoms with van der Waals surface area (Å²) in [6.07, 6.45) is 6.80. The minimum atomic E-state index is -0.961. The number of carbonyl (C=O) groups is 3. The second kappa shape index (κ2) is 8.19. The molecule has 8 atom stereocenters. The summed E-state index contributed by atoms with van der Waals surface area (Å²) in [6.45, 7) is 3.86. The van der Waals surface area contributed by atoms with Gasteiger partial charge in [0.2, 0.25) is 11.8 Å². The van der Waals surface area contributed by atoms with Crippen molar-refractivity contribution in [2.45, 2.75) is 62.9 Å². The van der Waals surface area contributed by atoms with E-state index < -0.39 is 35.6 Å². The number of ketones is 1. The first-order valence-corrected chi connectivity index (χ1v) is 12.5. The number of nitrogens with one attached hydrogen (secondary N) is 1. The Kier molecular flexibility index (Phi) is 5.22. The number of furan rings is 1. The van der Waals surface area contributed by atoms with E-state index in [1.54, 1.807) is 23.3 Å². The zero-order chi connectivity index (χ0) is 24.3. The van der Waals surface area contributed by atoms with Gasteiger partial charge in [-0.05, 0) is 37.5 Å². The molecule has 4 aliphatic heterocycles. The SMILES string of the molecule is C[C@H](CCc1ccccc1)NC(=O)[C@H]1[C@H]2C(=O)N3[C@@H]([C@H](C)C(=O)C[C@H]3c3ccco3)[C@@]23C=C[C@H]1O3. The van der Waals surface area contributed by atoms with Gasteiger partial charge in [-0.1, -0.05) is 49.4 Å². The number of hydrogen-bond donors (Lipinski definition) is 1. The predicted octanol–water partition coefficient (Wildman–Crippen LogP) is 3.22. The van der Waals surface area contributed by atoms with Crippen molar-refractivity contribution < 1.29 is 23.5 Å². The van der Waals surface area contributed by atoms with Crippen LogP contribution in [-0.2, 0) is 25.5 Å². The molecule has 182 valence electrons. The highest BCUT2D eigenvalue weighted by Crippen LogP contribution is 2.59. The van der Waals surface area contributed by atoms with Crippen LogP contribution in [0.5, 0.6) is 0 Å². The van der Waals surface area contributed by atoms with E-state index in [2.05, 4.69) is 17.4 Å². The van der Waals surface area contributed by atoms with Gasteiger partial charge in [0.25, 0.3) is 0 Å². The molecule has 5 heterocycles. The number of amides is 2. The molecule has 2 bridgehead atoms. The fraction of sp³-hybridized carbons (Fsp3) is 0.464. The fourth-order valence-electron chi connectivity index (χ4n) is 6.70. The van der Waals surface area contributed by atoms with E-state index in [0.717, 1.165) is 12.8 Å². The van der Waals surface area contributed by atoms with Gasteiger partial charge in [-0.25, -0.2) is 0 Å². The van der Waals surface area contributed by atoms with Gasteiger partial charge in [0, 0.05) is 18.4 Å². The Morgan fingerprint density at radius 2 is 2.00 bits per heavy atom. The third-order valence-electron chi connectivity index (χ3n) is 8.35. The third kappa shape index (κ3) is 3.32. The number of rotatable bonds is 6. The normalized spacial score (nSPS) is 35.8. The molecule has 0 aliphatic carbocycles. The number of carbonyl (C=O) groups excluding carboxylic acids is 3. The molecule has 1 N–H and O–H groups in total. The van der Waals surface area contributed by atoms with Crippen LogP contribution in [0.1, 0.15) is 44.1 Å². The van der Waals surface area contributed by atoms with Crippen molar-refractivity contribution in [3.8, 4) is 0 Å². The first-order valence-electron chi connectivity index (χ1n) is 12.5. The van der Waals surface area contributed by atoms with Crippen LogP contribution < -0.4 is 5.32 Å². The Hall–Kier alpha value is -3.19. The molecule has 1 spiro atoms. The zero-order valence-electron chi connectivity index (χ0n) is 19.9. The third-order valence-corrected chi connectivity index (χ3v) is 8.35. The van der Waals surface area contributed by atoms with Crippen molar-refractivity contribution in [1.82, 2.24) is 10.2 Å². The highest BCUT2D eigenvalue weighted by molar-refractivity contribution is 5.96. The van der Waals surface area contributed by atoms with Crippen molar-refractivity contribution in [2.75, 3.05) is 0 Å². The average Bonchev–Trinajstić information content (AvgIpc) is 3.63. The lowest BCUT2D eigenvalue weighted by Crippen LogP contribution is -2.55. The lowest BCUT2D eigenvalue weighted by Gasteiger charge is -2.43. The van der Waals surface area contributed by atoms with Crippen LogP contribution in [0.25, 0.3) is 0 Å². The molecule has 7 heteroatoms. The van der Waals surface area contributed by atoms with Crippen molar-refractivity contribution in [2.24, 2.45) is 17.8 Å². The summed E-state index contributed by atoms with van der Waals surface area (Å²) in [4.78, 5) is 42.3. The van der Waals surface area contributed by atoms with Gasteiger partial charge in [0.15, 0.2) is 0 Å². The number of Topliss-reactive ketones (excluding diaryl/α,β-unsaturated/α-hetero) is 1. The summed E-state index contributed by atoms with van der Waals surface area (Å²) in [5.74, 6) is -1.25. The van der Waals surface area contributed by atoms with E-state index in [1.165, 1.54) is 5.56 Å². The fourth-order valence-corrected chi connectivity index (χ4v) is 6.70. The quantitative estimate of drug-likeness (QED) is 0.650. The van der Waals surface area contributed by atoms with E-state index in [9.17, 15) is 14.4 Å². The van der Waals surface area contributed by atoms with Crippen molar-refractivity contribution in [1.29, 1.82) is 0 Å². The van der Waals surface area contributed by atoms with Crippen LogP contribution in [0.15, 0.2) is 65.3 Å². The number of fused-ring (bicyclic) bond motifs is 2. The molecule has 0 radical (unpaired) electrons. The minimum Gasteiger partial charge on any atom is -0.467 e. The Bertz CT molecular complexity index is 1180. The van der Waals surface area contributed by atoms with Crippen molar-refractivity contribution >= 4 is 17.6 Å². The van der Waals surface area contributed by atoms with E-state index in [1.807, 2.05) is 44.2 Å². The Labute approximate surface area is 204 Å².